The molecule has 0 aromatic heterocycles. The standard InChI is InChI=1S/C12H17NO4.C11H16O3.C11H14O3.C10H13NO3.C9H10O3.C9H12O2.C8H8O3.C2H5ClO.C2H7NO.7C2H6.CH4O.CH3.BrH.Cl3OP.Mg/c1-13(16-3)12(14)11(17-9-15-2)10-7-5-4-6-8-10;2*1-9(12)11(14-8-13-2)10-6-4-3-5-7-10;1-11(14-2)10(13)9(12)8-6-4-3-5-7-8;1-12-9(11)8(10)7-5-3-2-4-6-7;1-7(10)9(11)8-5-3-2-4-6-8;9-7(8(10)11)6-4-2-1-3-5-6;1-4-2-3;1-3-4-2;8*1-2;;;1-5(2,3)4;/h4-8,11H,9H2,1-3H3;3-7,9,11-12H,8H2,1-2H3;3-7,11H,8H2,1-2H3;3-7,9,12H,1-2H3;2-6,8,10H,1H3;2-7,9-11H,1H3;1-5,7,9H,(H,10,11);2H2,1H3;3H,1-2H3;7*1-2H3;2H,1H3;1H3;1H;;/q;;;;;;;;;;;;;;;;;-1;;;+2/p-1. The summed E-state index contributed by atoms with van der Waals surface area (Å²) >= 11 is 18.8. The van der Waals surface area contributed by atoms with Gasteiger partial charge in [-0.25, -0.2) is 25.2 Å². The number of methoxy groups -OCH3 is 5. The number of Topliss-reactive ketones (excluding diaryl/α,β-unsaturated/α-hetero) is 1. The molecule has 0 aliphatic rings. The van der Waals surface area contributed by atoms with Crippen molar-refractivity contribution in [3.8, 4) is 0 Å². The summed E-state index contributed by atoms with van der Waals surface area (Å²) in [5.74, 6) is -2.65. The molecule has 0 fully saturated rings. The third kappa shape index (κ3) is 88.4. The minimum Gasteiger partial charge on any atom is -1.00 e. The molecule has 0 saturated carbocycles. The van der Waals surface area contributed by atoms with E-state index in [1.165, 1.54) is 56.6 Å². The molecule has 0 aliphatic heterocycles. The summed E-state index contributed by atoms with van der Waals surface area (Å²) in [7, 11) is 17.5. The summed E-state index contributed by atoms with van der Waals surface area (Å²) in [5.41, 5.74) is 7.27. The third-order valence-corrected chi connectivity index (χ3v) is 13.0. The number of amides is 2. The Balaban J connectivity index is -0.0000000909. The van der Waals surface area contributed by atoms with Crippen molar-refractivity contribution in [1.29, 1.82) is 0 Å². The van der Waals surface area contributed by atoms with Crippen molar-refractivity contribution >= 4 is 103 Å². The predicted molar refractivity (Wildman–Crippen MR) is 504 cm³/mol. The third-order valence-electron chi connectivity index (χ3n) is 12.8. The van der Waals surface area contributed by atoms with Gasteiger partial charge in [0.1, 0.15) is 44.8 Å². The maximum Gasteiger partial charge on any atom is 2.00 e. The van der Waals surface area contributed by atoms with Gasteiger partial charge in [0.15, 0.2) is 30.2 Å². The number of carboxylic acid groups (broad SMARTS) is 1. The summed E-state index contributed by atoms with van der Waals surface area (Å²) in [6.45, 7) is 33.1. The Hall–Kier alpha value is -5.99. The Labute approximate surface area is 794 Å². The number of ether oxygens (including phenoxy) is 8. The molecule has 7 aromatic rings. The van der Waals surface area contributed by atoms with Crippen molar-refractivity contribution in [3.05, 3.63) is 259 Å². The van der Waals surface area contributed by atoms with E-state index in [-0.39, 0.29) is 85.6 Å². The Morgan fingerprint density at radius 1 is 0.408 bits per heavy atom. The fourth-order valence-electron chi connectivity index (χ4n) is 7.47. The van der Waals surface area contributed by atoms with E-state index in [9.17, 15) is 49.0 Å². The molecule has 28 nitrogen and oxygen atoms in total. The van der Waals surface area contributed by atoms with E-state index in [1.54, 1.807) is 133 Å². The van der Waals surface area contributed by atoms with E-state index in [1.807, 2.05) is 218 Å². The van der Waals surface area contributed by atoms with Gasteiger partial charge < -0.3 is 108 Å². The molecule has 9 N–H and O–H groups in total. The summed E-state index contributed by atoms with van der Waals surface area (Å²) in [5, 5.41) is 70.1. The molecule has 0 bridgehead atoms. The maximum atomic E-state index is 12.0. The van der Waals surface area contributed by atoms with E-state index in [0.717, 1.165) is 39.5 Å². The second-order valence-corrected chi connectivity index (χ2v) is 27.5. The molecule has 9 atom stereocenters. The van der Waals surface area contributed by atoms with Crippen LogP contribution in [0.5, 0.6) is 0 Å². The first-order valence-corrected chi connectivity index (χ1v) is 43.9. The first kappa shape index (κ1) is 150. The van der Waals surface area contributed by atoms with Crippen molar-refractivity contribution in [2.24, 2.45) is 0 Å². The van der Waals surface area contributed by atoms with Crippen LogP contribution in [0, 0.1) is 7.43 Å². The molecular weight excluding hydrogens is 1800 g/mol. The van der Waals surface area contributed by atoms with Gasteiger partial charge >= 0.3 is 40.2 Å². The molecule has 0 radical (unpaired) electrons. The first-order valence-electron chi connectivity index (χ1n) is 39.0. The van der Waals surface area contributed by atoms with Crippen LogP contribution >= 0.6 is 50.5 Å². The van der Waals surface area contributed by atoms with Crippen LogP contribution in [0.1, 0.15) is 199 Å². The molecular formula is C90H151BrCl4MgN3O25P. The molecule has 0 spiro atoms. The smallest absolute Gasteiger partial charge is 1.00 e. The molecule has 7 rings (SSSR count). The number of hydrogen-bond donors (Lipinski definition) is 9. The van der Waals surface area contributed by atoms with Crippen molar-refractivity contribution in [2.45, 2.75) is 173 Å². The summed E-state index contributed by atoms with van der Waals surface area (Å²) < 4.78 is 48.6. The van der Waals surface area contributed by atoms with Crippen molar-refractivity contribution in [3.63, 3.8) is 0 Å². The summed E-state index contributed by atoms with van der Waals surface area (Å²) in [6, 6.07) is 63.2. The first-order chi connectivity index (χ1) is 58.4. The summed E-state index contributed by atoms with van der Waals surface area (Å²) in [4.78, 5) is 69.6. The number of aliphatic hydroxyl groups is 7. The Morgan fingerprint density at radius 2 is 0.648 bits per heavy atom. The van der Waals surface area contributed by atoms with Crippen LogP contribution in [0.15, 0.2) is 212 Å². The number of carboxylic acids is 1. The van der Waals surface area contributed by atoms with E-state index >= 15 is 0 Å². The van der Waals surface area contributed by atoms with Gasteiger partial charge in [-0.05, 0) is 93.4 Å². The molecule has 125 heavy (non-hydrogen) atoms. The van der Waals surface area contributed by atoms with Crippen molar-refractivity contribution < 1.29 is 139 Å². The average molecular weight is 1950 g/mol. The molecule has 718 valence electrons. The second-order valence-electron chi connectivity index (χ2n) is 20.6. The van der Waals surface area contributed by atoms with Gasteiger partial charge in [-0.15, -0.1) is 0 Å². The fourth-order valence-corrected chi connectivity index (χ4v) is 7.47. The van der Waals surface area contributed by atoms with Gasteiger partial charge in [-0.3, -0.25) is 28.6 Å². The molecule has 2 amide bonds. The number of hydrogen-bond acceptors (Lipinski definition) is 25. The van der Waals surface area contributed by atoms with Crippen LogP contribution in [-0.4, -0.2) is 227 Å². The van der Waals surface area contributed by atoms with E-state index in [0.29, 0.717) is 22.8 Å². The number of alkyl halides is 1. The average Bonchev–Trinajstić information content (AvgIpc) is 0.837. The fraction of sp³-hybridized carbons (Fsp3) is 0.467. The van der Waals surface area contributed by atoms with E-state index < -0.39 is 71.9 Å². The normalized spacial score (nSPS) is 11.1. The van der Waals surface area contributed by atoms with Crippen LogP contribution in [0.3, 0.4) is 0 Å². The zero-order valence-electron chi connectivity index (χ0n) is 79.2. The Morgan fingerprint density at radius 3 is 0.888 bits per heavy atom. The minimum absolute atomic E-state index is 0. The number of halogens is 5. The van der Waals surface area contributed by atoms with Crippen LogP contribution in [0.4, 0.5) is 0 Å². The largest absolute Gasteiger partial charge is 2.00 e. The van der Waals surface area contributed by atoms with E-state index in [2.05, 4.69) is 58.4 Å². The van der Waals surface area contributed by atoms with E-state index in [4.69, 9.17) is 65.3 Å². The number of carbonyl (C=O) groups excluding carboxylic acids is 4. The molecule has 9 unspecified atom stereocenters. The van der Waals surface area contributed by atoms with Crippen LogP contribution in [0.2, 0.25) is 0 Å². The van der Waals surface area contributed by atoms with Gasteiger partial charge in [-0.2, -0.15) is 0 Å². The van der Waals surface area contributed by atoms with Gasteiger partial charge in [0.2, 0.25) is 0 Å². The van der Waals surface area contributed by atoms with Gasteiger partial charge in [0, 0.05) is 56.7 Å². The van der Waals surface area contributed by atoms with Gasteiger partial charge in [-0.1, -0.05) is 321 Å². The zero-order chi connectivity index (χ0) is 96.8. The van der Waals surface area contributed by atoms with Gasteiger partial charge in [0.25, 0.3) is 11.8 Å². The van der Waals surface area contributed by atoms with Crippen LogP contribution in [0.25, 0.3) is 0 Å². The minimum atomic E-state index is -3.22. The number of aliphatic carboxylic acids is 1. The molecule has 0 heterocycles. The predicted octanol–water partition coefficient (Wildman–Crippen LogP) is 15.8. The second kappa shape index (κ2) is 112. The Kier molecular flexibility index (Phi) is 135. The Bertz CT molecular complexity index is 3330. The number of ketones is 1. The quantitative estimate of drug-likeness (QED) is 0.00439. The van der Waals surface area contributed by atoms with Crippen molar-refractivity contribution in [1.82, 2.24) is 15.6 Å². The molecule has 7 aromatic carbocycles. The topological polar surface area (TPSA) is 384 Å². The molecule has 0 aliphatic carbocycles. The number of hydroxylamine groups is 5. The number of aliphatic hydroxyl groups excluding tert-OH is 7. The maximum absolute atomic E-state index is 12.0. The summed E-state index contributed by atoms with van der Waals surface area (Å²) in [6.07, 6.45) is -7.33. The molecule has 0 saturated heterocycles. The SMILES string of the molecule is CC.CC.CC.CC.CC.CC.CC.CC(O)C(O)c1ccccc1.CNOC.CO.COC(=O)C(O)c1ccccc1.COCCl.COCOC(C(=O)N(C)OC)c1ccccc1.COCOC(C(C)=O)c1ccccc1.COCOC(c1ccccc1)C(C)O.CON(C)C(=O)C(O)c1ccccc1.O=C(O)C(O)c1ccccc1.O=P(Cl)(Cl)Cl.[Br-].[CH3-].[Mg+2]. The number of likely N-dealkylation sites (N-methyl/N-ethyl adjacent to an activating group) is 2. The van der Waals surface area contributed by atoms with Crippen molar-refractivity contribution in [2.75, 3.05) is 112 Å². The molecule has 35 heteroatoms. The number of carbonyl (C=O) groups is 5. The van der Waals surface area contributed by atoms with Crippen LogP contribution < -0.4 is 22.5 Å². The number of esters is 1. The monoisotopic (exact) mass is 1950 g/mol. The number of nitrogens with zero attached hydrogens (tertiary/aromatic N) is 2. The van der Waals surface area contributed by atoms with Crippen LogP contribution in [-0.2, 0) is 80.9 Å². The number of benzene rings is 7. The van der Waals surface area contributed by atoms with Gasteiger partial charge in [0.05, 0.1) is 40.6 Å². The zero-order valence-corrected chi connectivity index (χ0v) is 86.1. The number of rotatable bonds is 27. The number of nitrogens with one attached hydrogen (secondary N) is 1.